The predicted molar refractivity (Wildman–Crippen MR) is 98.3 cm³/mol. The zero-order valence-electron chi connectivity index (χ0n) is 13.7. The highest BCUT2D eigenvalue weighted by atomic mass is 35.5. The van der Waals surface area contributed by atoms with Gasteiger partial charge in [-0.1, -0.05) is 66.2 Å². The van der Waals surface area contributed by atoms with E-state index in [2.05, 4.69) is 5.32 Å². The third-order valence-electron chi connectivity index (χ3n) is 4.08. The standard InChI is InChI=1S/C21H17ClFNO/c1-14-7-5-6-10-17(14)20(15-8-3-2-4-9-15)24-21(25)18-12-11-16(22)13-19(18)23/h2-13,20H,1H3,(H,24,25)/t20-/m0/s1. The Hall–Kier alpha value is -2.65. The third kappa shape index (κ3) is 3.89. The van der Waals surface area contributed by atoms with Crippen molar-refractivity contribution in [2.75, 3.05) is 0 Å². The number of carbonyl (C=O) groups excluding carboxylic acids is 1. The second-order valence-corrected chi connectivity index (χ2v) is 6.23. The number of benzene rings is 3. The van der Waals surface area contributed by atoms with E-state index in [0.29, 0.717) is 0 Å². The predicted octanol–water partition coefficient (Wildman–Crippen LogP) is 5.31. The van der Waals surface area contributed by atoms with Crippen LogP contribution in [0.25, 0.3) is 0 Å². The second-order valence-electron chi connectivity index (χ2n) is 5.80. The van der Waals surface area contributed by atoms with Gasteiger partial charge in [-0.15, -0.1) is 0 Å². The zero-order valence-corrected chi connectivity index (χ0v) is 14.4. The number of hydrogen-bond donors (Lipinski definition) is 1. The Morgan fingerprint density at radius 1 is 1.00 bits per heavy atom. The van der Waals surface area contributed by atoms with Crippen molar-refractivity contribution in [3.63, 3.8) is 0 Å². The normalized spacial score (nSPS) is 11.8. The lowest BCUT2D eigenvalue weighted by atomic mass is 9.94. The van der Waals surface area contributed by atoms with Crippen LogP contribution in [0.15, 0.2) is 72.8 Å². The zero-order chi connectivity index (χ0) is 17.8. The smallest absolute Gasteiger partial charge is 0.255 e. The average Bonchev–Trinajstić information content (AvgIpc) is 2.61. The van der Waals surface area contributed by atoms with Crippen molar-refractivity contribution in [1.29, 1.82) is 0 Å². The number of hydrogen-bond acceptors (Lipinski definition) is 1. The molecule has 4 heteroatoms. The highest BCUT2D eigenvalue weighted by Gasteiger charge is 2.21. The number of rotatable bonds is 4. The van der Waals surface area contributed by atoms with Crippen LogP contribution in [0.2, 0.25) is 5.02 Å². The molecule has 1 N–H and O–H groups in total. The van der Waals surface area contributed by atoms with Crippen molar-refractivity contribution in [2.45, 2.75) is 13.0 Å². The maximum Gasteiger partial charge on any atom is 0.255 e. The second kappa shape index (κ2) is 7.49. The fourth-order valence-electron chi connectivity index (χ4n) is 2.78. The van der Waals surface area contributed by atoms with Crippen molar-refractivity contribution in [3.8, 4) is 0 Å². The summed E-state index contributed by atoms with van der Waals surface area (Å²) in [5.41, 5.74) is 2.92. The molecule has 0 fully saturated rings. The summed E-state index contributed by atoms with van der Waals surface area (Å²) in [7, 11) is 0. The van der Waals surface area contributed by atoms with Gasteiger partial charge in [-0.05, 0) is 41.8 Å². The van der Waals surface area contributed by atoms with Crippen molar-refractivity contribution in [2.24, 2.45) is 0 Å². The van der Waals surface area contributed by atoms with E-state index in [1.54, 1.807) is 0 Å². The molecule has 0 saturated carbocycles. The molecule has 0 unspecified atom stereocenters. The van der Waals surface area contributed by atoms with E-state index in [4.69, 9.17) is 11.6 Å². The summed E-state index contributed by atoms with van der Waals surface area (Å²) >= 11 is 5.77. The Kier molecular flexibility index (Phi) is 5.15. The van der Waals surface area contributed by atoms with Crippen LogP contribution in [0.1, 0.15) is 33.1 Å². The molecule has 0 aliphatic rings. The molecule has 0 radical (unpaired) electrons. The van der Waals surface area contributed by atoms with Gasteiger partial charge >= 0.3 is 0 Å². The Labute approximate surface area is 151 Å². The van der Waals surface area contributed by atoms with E-state index in [1.807, 2.05) is 61.5 Å². The van der Waals surface area contributed by atoms with Gasteiger partial charge in [-0.2, -0.15) is 0 Å². The Morgan fingerprint density at radius 2 is 1.68 bits per heavy atom. The molecule has 1 atom stereocenters. The molecule has 2 nitrogen and oxygen atoms in total. The van der Waals surface area contributed by atoms with Crippen molar-refractivity contribution < 1.29 is 9.18 Å². The van der Waals surface area contributed by atoms with Gasteiger partial charge in [0.2, 0.25) is 0 Å². The summed E-state index contributed by atoms with van der Waals surface area (Å²) in [6.07, 6.45) is 0. The van der Waals surface area contributed by atoms with Crippen molar-refractivity contribution in [1.82, 2.24) is 5.32 Å². The van der Waals surface area contributed by atoms with Gasteiger partial charge < -0.3 is 5.32 Å². The molecule has 0 aromatic heterocycles. The van der Waals surface area contributed by atoms with Crippen LogP contribution in [-0.2, 0) is 0 Å². The van der Waals surface area contributed by atoms with Crippen molar-refractivity contribution >= 4 is 17.5 Å². The number of aryl methyl sites for hydroxylation is 1. The van der Waals surface area contributed by atoms with E-state index < -0.39 is 11.7 Å². The van der Waals surface area contributed by atoms with Gasteiger partial charge in [0.1, 0.15) is 5.82 Å². The van der Waals surface area contributed by atoms with Gasteiger partial charge in [-0.3, -0.25) is 4.79 Å². The van der Waals surface area contributed by atoms with Crippen LogP contribution in [0, 0.1) is 12.7 Å². The Morgan fingerprint density at radius 3 is 2.36 bits per heavy atom. The maximum atomic E-state index is 14.1. The summed E-state index contributed by atoms with van der Waals surface area (Å²) in [5.74, 6) is -1.12. The summed E-state index contributed by atoms with van der Waals surface area (Å²) < 4.78 is 14.1. The number of halogens is 2. The molecule has 126 valence electrons. The number of amides is 1. The third-order valence-corrected chi connectivity index (χ3v) is 4.32. The fraction of sp³-hybridized carbons (Fsp3) is 0.0952. The van der Waals surface area contributed by atoms with Crippen LogP contribution in [0.5, 0.6) is 0 Å². The molecule has 0 aliphatic heterocycles. The average molecular weight is 354 g/mol. The molecular weight excluding hydrogens is 337 g/mol. The first-order valence-electron chi connectivity index (χ1n) is 7.92. The highest BCUT2D eigenvalue weighted by Crippen LogP contribution is 2.25. The minimum atomic E-state index is -0.637. The largest absolute Gasteiger partial charge is 0.341 e. The molecule has 3 rings (SSSR count). The van der Waals surface area contributed by atoms with Gasteiger partial charge in [0, 0.05) is 5.02 Å². The number of carbonyl (C=O) groups is 1. The molecule has 25 heavy (non-hydrogen) atoms. The molecule has 0 aliphatic carbocycles. The minimum absolute atomic E-state index is 0.0288. The van der Waals surface area contributed by atoms with Gasteiger partial charge in [0.25, 0.3) is 5.91 Å². The Balaban J connectivity index is 1.98. The molecule has 1 amide bonds. The molecule has 0 bridgehead atoms. The lowest BCUT2D eigenvalue weighted by Crippen LogP contribution is -2.30. The van der Waals surface area contributed by atoms with E-state index in [-0.39, 0.29) is 16.6 Å². The highest BCUT2D eigenvalue weighted by molar-refractivity contribution is 6.30. The van der Waals surface area contributed by atoms with E-state index >= 15 is 0 Å². The lowest BCUT2D eigenvalue weighted by Gasteiger charge is -2.22. The number of nitrogens with one attached hydrogen (secondary N) is 1. The summed E-state index contributed by atoms with van der Waals surface area (Å²) in [6.45, 7) is 1.99. The molecule has 0 saturated heterocycles. The summed E-state index contributed by atoms with van der Waals surface area (Å²) in [4.78, 5) is 12.7. The minimum Gasteiger partial charge on any atom is -0.341 e. The summed E-state index contributed by atoms with van der Waals surface area (Å²) in [5, 5.41) is 3.20. The fourth-order valence-corrected chi connectivity index (χ4v) is 2.94. The Bertz CT molecular complexity index is 895. The first kappa shape index (κ1) is 17.2. The van der Waals surface area contributed by atoms with E-state index in [9.17, 15) is 9.18 Å². The topological polar surface area (TPSA) is 29.1 Å². The van der Waals surface area contributed by atoms with Crippen LogP contribution >= 0.6 is 11.6 Å². The van der Waals surface area contributed by atoms with Crippen LogP contribution in [0.3, 0.4) is 0 Å². The molecular formula is C21H17ClFNO. The van der Waals surface area contributed by atoms with Gasteiger partial charge in [0.05, 0.1) is 11.6 Å². The van der Waals surface area contributed by atoms with E-state index in [1.165, 1.54) is 12.1 Å². The van der Waals surface area contributed by atoms with Gasteiger partial charge in [0.15, 0.2) is 0 Å². The quantitative estimate of drug-likeness (QED) is 0.677. The van der Waals surface area contributed by atoms with Crippen LogP contribution in [-0.4, -0.2) is 5.91 Å². The molecule has 3 aromatic carbocycles. The van der Waals surface area contributed by atoms with Gasteiger partial charge in [-0.25, -0.2) is 4.39 Å². The molecule has 0 heterocycles. The van der Waals surface area contributed by atoms with Crippen LogP contribution < -0.4 is 5.32 Å². The summed E-state index contributed by atoms with van der Waals surface area (Å²) in [6, 6.07) is 21.1. The SMILES string of the molecule is Cc1ccccc1[C@@H](NC(=O)c1ccc(Cl)cc1F)c1ccccc1. The first-order valence-corrected chi connectivity index (χ1v) is 8.30. The first-order chi connectivity index (χ1) is 12.1. The molecule has 0 spiro atoms. The molecule has 3 aromatic rings. The lowest BCUT2D eigenvalue weighted by molar-refractivity contribution is 0.0939. The maximum absolute atomic E-state index is 14.1. The van der Waals surface area contributed by atoms with Crippen molar-refractivity contribution in [3.05, 3.63) is 106 Å². The monoisotopic (exact) mass is 353 g/mol. The van der Waals surface area contributed by atoms with Crippen LogP contribution in [0.4, 0.5) is 4.39 Å². The van der Waals surface area contributed by atoms with E-state index in [0.717, 1.165) is 22.8 Å².